The van der Waals surface area contributed by atoms with Gasteiger partial charge in [-0.1, -0.05) is 0 Å². The molecular formula is C9H9N3. The molecule has 0 fully saturated rings. The number of nitrogens with one attached hydrogen (secondary N) is 1. The van der Waals surface area contributed by atoms with Crippen LogP contribution in [-0.4, -0.2) is 15.0 Å². The third-order valence-electron chi connectivity index (χ3n) is 1.71. The number of hydrogen-bond acceptors (Lipinski definition) is 2. The maximum absolute atomic E-state index is 4.12. The molecule has 0 aromatic carbocycles. The van der Waals surface area contributed by atoms with E-state index in [0.29, 0.717) is 0 Å². The Morgan fingerprint density at radius 3 is 3.00 bits per heavy atom. The van der Waals surface area contributed by atoms with Gasteiger partial charge < -0.3 is 4.98 Å². The molecule has 12 heavy (non-hydrogen) atoms. The smallest absolute Gasteiger partial charge is 0.0924 e. The first-order valence-corrected chi connectivity index (χ1v) is 3.77. The number of rotatable bonds is 1. The van der Waals surface area contributed by atoms with Crippen LogP contribution in [0.3, 0.4) is 0 Å². The van der Waals surface area contributed by atoms with Crippen LogP contribution in [-0.2, 0) is 0 Å². The summed E-state index contributed by atoms with van der Waals surface area (Å²) in [6, 6.07) is 3.98. The molecule has 0 aliphatic carbocycles. The molecule has 1 N–H and O–H groups in total. The molecule has 0 spiro atoms. The van der Waals surface area contributed by atoms with E-state index in [1.807, 2.05) is 19.1 Å². The first kappa shape index (κ1) is 7.03. The molecule has 0 saturated carbocycles. The molecule has 0 aliphatic rings. The van der Waals surface area contributed by atoms with Crippen LogP contribution in [0.15, 0.2) is 30.9 Å². The number of hydrogen-bond donors (Lipinski definition) is 1. The van der Waals surface area contributed by atoms with Crippen molar-refractivity contribution >= 4 is 0 Å². The molecule has 0 amide bonds. The van der Waals surface area contributed by atoms with Crippen LogP contribution < -0.4 is 0 Å². The Kier molecular flexibility index (Phi) is 1.63. The Bertz CT molecular complexity index is 365. The molecule has 0 aliphatic heterocycles. The van der Waals surface area contributed by atoms with Gasteiger partial charge in [0, 0.05) is 17.5 Å². The summed E-state index contributed by atoms with van der Waals surface area (Å²) in [7, 11) is 0. The van der Waals surface area contributed by atoms with Crippen molar-refractivity contribution in [3.8, 4) is 11.3 Å². The van der Waals surface area contributed by atoms with Crippen molar-refractivity contribution in [3.63, 3.8) is 0 Å². The summed E-state index contributed by atoms with van der Waals surface area (Å²) in [6.45, 7) is 1.97. The second-order valence-corrected chi connectivity index (χ2v) is 2.65. The lowest BCUT2D eigenvalue weighted by atomic mass is 10.2. The summed E-state index contributed by atoms with van der Waals surface area (Å²) in [5.41, 5.74) is 3.17. The Hall–Kier alpha value is -1.64. The zero-order valence-corrected chi connectivity index (χ0v) is 6.78. The van der Waals surface area contributed by atoms with Gasteiger partial charge in [-0.25, -0.2) is 4.98 Å². The largest absolute Gasteiger partial charge is 0.345 e. The van der Waals surface area contributed by atoms with E-state index in [4.69, 9.17) is 0 Å². The van der Waals surface area contributed by atoms with Crippen molar-refractivity contribution in [1.29, 1.82) is 0 Å². The van der Waals surface area contributed by atoms with E-state index < -0.39 is 0 Å². The van der Waals surface area contributed by atoms with Crippen LogP contribution in [0.1, 0.15) is 5.69 Å². The summed E-state index contributed by atoms with van der Waals surface area (Å²) in [5.74, 6) is 0. The average molecular weight is 159 g/mol. The number of imidazole rings is 1. The molecular weight excluding hydrogens is 150 g/mol. The zero-order chi connectivity index (χ0) is 8.39. The van der Waals surface area contributed by atoms with E-state index in [2.05, 4.69) is 15.0 Å². The quantitative estimate of drug-likeness (QED) is 0.689. The van der Waals surface area contributed by atoms with Crippen molar-refractivity contribution in [3.05, 3.63) is 36.5 Å². The number of H-pyrrole nitrogens is 1. The van der Waals surface area contributed by atoms with Crippen LogP contribution in [0.4, 0.5) is 0 Å². The van der Waals surface area contributed by atoms with Crippen molar-refractivity contribution in [2.75, 3.05) is 0 Å². The van der Waals surface area contributed by atoms with Crippen molar-refractivity contribution in [1.82, 2.24) is 15.0 Å². The minimum atomic E-state index is 1.02. The highest BCUT2D eigenvalue weighted by atomic mass is 14.9. The Morgan fingerprint density at radius 1 is 1.42 bits per heavy atom. The predicted octanol–water partition coefficient (Wildman–Crippen LogP) is 1.78. The highest BCUT2D eigenvalue weighted by Gasteiger charge is 1.97. The van der Waals surface area contributed by atoms with E-state index in [0.717, 1.165) is 17.0 Å². The first-order chi connectivity index (χ1) is 5.86. The van der Waals surface area contributed by atoms with Crippen LogP contribution in [0, 0.1) is 6.92 Å². The third kappa shape index (κ3) is 1.21. The highest BCUT2D eigenvalue weighted by molar-refractivity contribution is 5.57. The lowest BCUT2D eigenvalue weighted by molar-refractivity contribution is 1.20. The minimum absolute atomic E-state index is 1.02. The fourth-order valence-electron chi connectivity index (χ4n) is 1.13. The number of pyridine rings is 1. The summed E-state index contributed by atoms with van der Waals surface area (Å²) >= 11 is 0. The third-order valence-corrected chi connectivity index (χ3v) is 1.71. The molecule has 2 aromatic heterocycles. The number of aryl methyl sites for hydroxylation is 1. The van der Waals surface area contributed by atoms with Gasteiger partial charge in [0.2, 0.25) is 0 Å². The highest BCUT2D eigenvalue weighted by Crippen LogP contribution is 2.14. The maximum Gasteiger partial charge on any atom is 0.0924 e. The topological polar surface area (TPSA) is 41.6 Å². The minimum Gasteiger partial charge on any atom is -0.345 e. The van der Waals surface area contributed by atoms with Gasteiger partial charge in [0.05, 0.1) is 18.2 Å². The van der Waals surface area contributed by atoms with Gasteiger partial charge in [-0.3, -0.25) is 4.98 Å². The molecule has 2 heterocycles. The molecule has 0 radical (unpaired) electrons. The van der Waals surface area contributed by atoms with Gasteiger partial charge in [0.25, 0.3) is 0 Å². The summed E-state index contributed by atoms with van der Waals surface area (Å²) in [4.78, 5) is 11.1. The molecule has 0 atom stereocenters. The Labute approximate surface area is 70.5 Å². The van der Waals surface area contributed by atoms with Crippen LogP contribution in [0.25, 0.3) is 11.3 Å². The second kappa shape index (κ2) is 2.77. The van der Waals surface area contributed by atoms with Gasteiger partial charge in [0.1, 0.15) is 0 Å². The fourth-order valence-corrected chi connectivity index (χ4v) is 1.13. The molecule has 3 nitrogen and oxygen atoms in total. The molecule has 0 unspecified atom stereocenters. The van der Waals surface area contributed by atoms with Gasteiger partial charge in [-0.15, -0.1) is 0 Å². The van der Waals surface area contributed by atoms with E-state index in [-0.39, 0.29) is 0 Å². The summed E-state index contributed by atoms with van der Waals surface area (Å²) in [5, 5.41) is 0. The molecule has 0 saturated heterocycles. The SMILES string of the molecule is Cc1cc(-c2cnc[nH]2)ccn1. The lowest BCUT2D eigenvalue weighted by Gasteiger charge is -1.96. The number of aromatic nitrogens is 3. The van der Waals surface area contributed by atoms with Gasteiger partial charge in [-0.2, -0.15) is 0 Å². The van der Waals surface area contributed by atoms with E-state index in [1.165, 1.54) is 0 Å². The number of nitrogens with zero attached hydrogens (tertiary/aromatic N) is 2. The van der Waals surface area contributed by atoms with Gasteiger partial charge in [0.15, 0.2) is 0 Å². The molecule has 60 valence electrons. The molecule has 2 aromatic rings. The van der Waals surface area contributed by atoms with Crippen molar-refractivity contribution in [2.24, 2.45) is 0 Å². The van der Waals surface area contributed by atoms with Gasteiger partial charge in [-0.05, 0) is 19.1 Å². The molecule has 0 bridgehead atoms. The van der Waals surface area contributed by atoms with Crippen molar-refractivity contribution in [2.45, 2.75) is 6.92 Å². The average Bonchev–Trinajstić information content (AvgIpc) is 2.56. The van der Waals surface area contributed by atoms with E-state index >= 15 is 0 Å². The Balaban J connectivity index is 2.48. The summed E-state index contributed by atoms with van der Waals surface area (Å²) in [6.07, 6.45) is 5.27. The fraction of sp³-hybridized carbons (Fsp3) is 0.111. The van der Waals surface area contributed by atoms with Crippen LogP contribution in [0.5, 0.6) is 0 Å². The van der Waals surface area contributed by atoms with E-state index in [1.54, 1.807) is 18.7 Å². The standard InChI is InChI=1S/C9H9N3/c1-7-4-8(2-3-11-7)9-5-10-6-12-9/h2-6H,1H3,(H,10,12). The molecule has 3 heteroatoms. The molecule has 2 rings (SSSR count). The Morgan fingerprint density at radius 2 is 2.33 bits per heavy atom. The maximum atomic E-state index is 4.12. The second-order valence-electron chi connectivity index (χ2n) is 2.65. The van der Waals surface area contributed by atoms with Crippen LogP contribution >= 0.6 is 0 Å². The van der Waals surface area contributed by atoms with E-state index in [9.17, 15) is 0 Å². The summed E-state index contributed by atoms with van der Waals surface area (Å²) < 4.78 is 0. The monoisotopic (exact) mass is 159 g/mol. The zero-order valence-electron chi connectivity index (χ0n) is 6.78. The van der Waals surface area contributed by atoms with Crippen molar-refractivity contribution < 1.29 is 0 Å². The lowest BCUT2D eigenvalue weighted by Crippen LogP contribution is -1.82. The van der Waals surface area contributed by atoms with Gasteiger partial charge >= 0.3 is 0 Å². The predicted molar refractivity (Wildman–Crippen MR) is 46.6 cm³/mol. The van der Waals surface area contributed by atoms with Crippen LogP contribution in [0.2, 0.25) is 0 Å². The normalized spacial score (nSPS) is 10.1. The number of aromatic amines is 1. The first-order valence-electron chi connectivity index (χ1n) is 3.77.